The molecule has 0 amide bonds. The number of hydrogen-bond acceptors (Lipinski definition) is 3. The Hall–Kier alpha value is 0.531. The molecule has 0 aliphatic heterocycles. The van der Waals surface area contributed by atoms with Crippen LogP contribution in [0.2, 0.25) is 51.9 Å². The van der Waals surface area contributed by atoms with Crippen molar-refractivity contribution < 1.29 is 13.0 Å². The normalized spacial score (nSPS) is 13.9. The molecule has 19 heavy (non-hydrogen) atoms. The Balaban J connectivity index is 4.41. The lowest BCUT2D eigenvalue weighted by atomic mass is 10.5. The largest absolute Gasteiger partial charge is 0.437 e. The van der Waals surface area contributed by atoms with Gasteiger partial charge in [0.2, 0.25) is 0 Å². The van der Waals surface area contributed by atoms with Gasteiger partial charge in [-0.3, -0.25) is 0 Å². The molecule has 0 heterocycles. The summed E-state index contributed by atoms with van der Waals surface area (Å²) in [7, 11) is -5.14. The molecular weight excluding hydrogens is 288 g/mol. The molecule has 0 aromatic carbocycles. The Bertz CT molecular complexity index is 230. The number of ether oxygens (including phenoxy) is 1. The van der Waals surface area contributed by atoms with Crippen LogP contribution in [0.1, 0.15) is 19.8 Å². The second kappa shape index (κ2) is 8.09. The van der Waals surface area contributed by atoms with Crippen molar-refractivity contribution in [2.45, 2.75) is 71.6 Å². The molecule has 0 saturated heterocycles. The summed E-state index contributed by atoms with van der Waals surface area (Å²) in [6, 6.07) is 1.05. The third-order valence-corrected chi connectivity index (χ3v) is 11.9. The van der Waals surface area contributed by atoms with Gasteiger partial charge in [0.1, 0.15) is 0 Å². The molecule has 116 valence electrons. The molecule has 0 bridgehead atoms. The monoisotopic (exact) mass is 322 g/mol. The molecule has 0 atom stereocenters. The van der Waals surface area contributed by atoms with Gasteiger partial charge in [-0.25, -0.2) is 0 Å². The van der Waals surface area contributed by atoms with Gasteiger partial charge in [-0.1, -0.05) is 6.92 Å². The SMILES string of the molecule is CCCOCCC[Si](C)(O[Si](C)(C)C)O[Si](C)(C)C. The Morgan fingerprint density at radius 3 is 1.58 bits per heavy atom. The highest BCUT2D eigenvalue weighted by atomic mass is 28.5. The summed E-state index contributed by atoms with van der Waals surface area (Å²) >= 11 is 0. The van der Waals surface area contributed by atoms with Crippen molar-refractivity contribution in [1.82, 2.24) is 0 Å². The fraction of sp³-hybridized carbons (Fsp3) is 1.00. The molecule has 0 rings (SSSR count). The topological polar surface area (TPSA) is 27.7 Å². The molecule has 0 fully saturated rings. The second-order valence-corrected chi connectivity index (χ2v) is 20.1. The summed E-state index contributed by atoms with van der Waals surface area (Å²) in [4.78, 5) is 0. The highest BCUT2D eigenvalue weighted by molar-refractivity contribution is 6.87. The van der Waals surface area contributed by atoms with Crippen molar-refractivity contribution in [2.75, 3.05) is 13.2 Å². The van der Waals surface area contributed by atoms with Crippen LogP contribution in [0, 0.1) is 0 Å². The van der Waals surface area contributed by atoms with Crippen LogP contribution in [0.25, 0.3) is 0 Å². The molecule has 3 nitrogen and oxygen atoms in total. The lowest BCUT2D eigenvalue weighted by Crippen LogP contribution is -2.52. The van der Waals surface area contributed by atoms with E-state index in [4.69, 9.17) is 13.0 Å². The smallest absolute Gasteiger partial charge is 0.314 e. The van der Waals surface area contributed by atoms with Gasteiger partial charge in [-0.05, 0) is 64.7 Å². The molecule has 0 N–H and O–H groups in total. The van der Waals surface area contributed by atoms with Gasteiger partial charge in [0.25, 0.3) is 0 Å². The summed E-state index contributed by atoms with van der Waals surface area (Å²) in [5.74, 6) is 0. The van der Waals surface area contributed by atoms with Crippen LogP contribution in [0.15, 0.2) is 0 Å². The van der Waals surface area contributed by atoms with Gasteiger partial charge >= 0.3 is 8.56 Å². The van der Waals surface area contributed by atoms with Crippen LogP contribution in [0.4, 0.5) is 0 Å². The van der Waals surface area contributed by atoms with Crippen LogP contribution in [-0.4, -0.2) is 38.4 Å². The number of rotatable bonds is 10. The zero-order chi connectivity index (χ0) is 15.2. The van der Waals surface area contributed by atoms with E-state index >= 15 is 0 Å². The quantitative estimate of drug-likeness (QED) is 0.435. The maximum atomic E-state index is 6.44. The lowest BCUT2D eigenvalue weighted by molar-refractivity contribution is 0.134. The van der Waals surface area contributed by atoms with Gasteiger partial charge < -0.3 is 13.0 Å². The lowest BCUT2D eigenvalue weighted by Gasteiger charge is -2.38. The number of hydrogen-bond donors (Lipinski definition) is 0. The Morgan fingerprint density at radius 2 is 1.21 bits per heavy atom. The standard InChI is InChI=1S/C13H34O3Si3/c1-9-11-14-12-10-13-19(8,15-17(2,3)4)16-18(5,6)7/h9-13H2,1-8H3. The summed E-state index contributed by atoms with van der Waals surface area (Å²) < 4.78 is 18.5. The van der Waals surface area contributed by atoms with Crippen LogP contribution < -0.4 is 0 Å². The van der Waals surface area contributed by atoms with Crippen LogP contribution in [0.5, 0.6) is 0 Å². The first kappa shape index (κ1) is 19.5. The fourth-order valence-corrected chi connectivity index (χ4v) is 14.7. The average Bonchev–Trinajstić information content (AvgIpc) is 2.10. The highest BCUT2D eigenvalue weighted by Crippen LogP contribution is 2.25. The fourth-order valence-electron chi connectivity index (χ4n) is 2.16. The van der Waals surface area contributed by atoms with Crippen molar-refractivity contribution >= 4 is 25.2 Å². The third kappa shape index (κ3) is 12.0. The molecule has 6 heteroatoms. The molecule has 0 spiro atoms. The van der Waals surface area contributed by atoms with E-state index in [0.29, 0.717) is 0 Å². The second-order valence-electron chi connectivity index (χ2n) is 7.28. The van der Waals surface area contributed by atoms with Crippen molar-refractivity contribution in [1.29, 1.82) is 0 Å². The van der Waals surface area contributed by atoms with E-state index in [1.54, 1.807) is 0 Å². The molecule has 0 saturated carbocycles. The van der Waals surface area contributed by atoms with Gasteiger partial charge in [0.15, 0.2) is 16.6 Å². The molecule has 0 unspecified atom stereocenters. The predicted octanol–water partition coefficient (Wildman–Crippen LogP) is 4.58. The first-order valence-corrected chi connectivity index (χ1v) is 16.8. The first-order chi connectivity index (χ1) is 8.47. The van der Waals surface area contributed by atoms with E-state index in [1.807, 2.05) is 0 Å². The van der Waals surface area contributed by atoms with E-state index in [1.165, 1.54) is 0 Å². The van der Waals surface area contributed by atoms with Crippen molar-refractivity contribution in [3.05, 3.63) is 0 Å². The highest BCUT2D eigenvalue weighted by Gasteiger charge is 2.39. The molecule has 0 aromatic rings. The van der Waals surface area contributed by atoms with Crippen molar-refractivity contribution in [2.24, 2.45) is 0 Å². The van der Waals surface area contributed by atoms with Crippen molar-refractivity contribution in [3.63, 3.8) is 0 Å². The maximum Gasteiger partial charge on any atom is 0.314 e. The minimum Gasteiger partial charge on any atom is -0.437 e. The minimum absolute atomic E-state index is 0.834. The zero-order valence-electron chi connectivity index (χ0n) is 14.3. The average molecular weight is 323 g/mol. The summed E-state index contributed by atoms with van der Waals surface area (Å²) in [5, 5.41) is 0. The van der Waals surface area contributed by atoms with Gasteiger partial charge in [-0.2, -0.15) is 0 Å². The zero-order valence-corrected chi connectivity index (χ0v) is 17.3. The van der Waals surface area contributed by atoms with E-state index in [0.717, 1.165) is 32.1 Å². The van der Waals surface area contributed by atoms with Crippen LogP contribution in [0.3, 0.4) is 0 Å². The van der Waals surface area contributed by atoms with E-state index in [9.17, 15) is 0 Å². The molecule has 0 aromatic heterocycles. The Kier molecular flexibility index (Phi) is 8.32. The summed E-state index contributed by atoms with van der Waals surface area (Å²) in [6.45, 7) is 19.6. The van der Waals surface area contributed by atoms with E-state index in [-0.39, 0.29) is 0 Å². The molecule has 0 radical (unpaired) electrons. The van der Waals surface area contributed by atoms with E-state index < -0.39 is 25.2 Å². The molecule has 0 aliphatic carbocycles. The summed E-state index contributed by atoms with van der Waals surface area (Å²) in [6.07, 6.45) is 2.14. The maximum absolute atomic E-state index is 6.44. The predicted molar refractivity (Wildman–Crippen MR) is 91.0 cm³/mol. The van der Waals surface area contributed by atoms with Gasteiger partial charge in [0, 0.05) is 13.2 Å². The van der Waals surface area contributed by atoms with Crippen LogP contribution >= 0.6 is 0 Å². The first-order valence-electron chi connectivity index (χ1n) is 7.45. The Labute approximate surface area is 123 Å². The van der Waals surface area contributed by atoms with Crippen LogP contribution in [-0.2, 0) is 13.0 Å². The molecule has 0 aliphatic rings. The van der Waals surface area contributed by atoms with Crippen molar-refractivity contribution in [3.8, 4) is 0 Å². The third-order valence-electron chi connectivity index (χ3n) is 2.31. The summed E-state index contributed by atoms with van der Waals surface area (Å²) in [5.41, 5.74) is 0. The molecular formula is C13H34O3Si3. The Morgan fingerprint density at radius 1 is 0.737 bits per heavy atom. The van der Waals surface area contributed by atoms with Gasteiger partial charge in [-0.15, -0.1) is 0 Å². The van der Waals surface area contributed by atoms with Gasteiger partial charge in [0.05, 0.1) is 0 Å². The minimum atomic E-state index is -2.04. The van der Waals surface area contributed by atoms with E-state index in [2.05, 4.69) is 52.8 Å².